The summed E-state index contributed by atoms with van der Waals surface area (Å²) in [4.78, 5) is 0. The number of rotatable bonds is 3. The van der Waals surface area contributed by atoms with E-state index < -0.39 is 0 Å². The first-order valence-corrected chi connectivity index (χ1v) is 3.73. The molecule has 0 aromatic heterocycles. The van der Waals surface area contributed by atoms with Crippen molar-refractivity contribution in [2.24, 2.45) is 0 Å². The Balaban J connectivity index is 2.25. The second kappa shape index (κ2) is 4.12. The van der Waals surface area contributed by atoms with E-state index in [0.29, 0.717) is 0 Å². The zero-order chi connectivity index (χ0) is 7.23. The van der Waals surface area contributed by atoms with Crippen LogP contribution in [0.2, 0.25) is 0 Å². The van der Waals surface area contributed by atoms with Crippen molar-refractivity contribution in [1.29, 1.82) is 0 Å². The van der Waals surface area contributed by atoms with E-state index in [1.54, 1.807) is 0 Å². The van der Waals surface area contributed by atoms with Crippen molar-refractivity contribution in [3.63, 3.8) is 0 Å². The number of nitrogens with one attached hydrogen (secondary N) is 2. The van der Waals surface area contributed by atoms with Gasteiger partial charge in [0.05, 0.1) is 0 Å². The van der Waals surface area contributed by atoms with Crippen LogP contribution < -0.4 is 10.6 Å². The molecule has 1 heterocycles. The first-order chi connectivity index (χ1) is 4.93. The van der Waals surface area contributed by atoms with E-state index in [9.17, 15) is 0 Å². The lowest BCUT2D eigenvalue weighted by molar-refractivity contribution is 0.722. The number of likely N-dealkylation sites (N-methyl/N-ethyl adjacent to an activating group) is 1. The highest BCUT2D eigenvalue weighted by atomic mass is 14.9. The van der Waals surface area contributed by atoms with E-state index >= 15 is 0 Å². The van der Waals surface area contributed by atoms with Gasteiger partial charge in [0.1, 0.15) is 0 Å². The van der Waals surface area contributed by atoms with Gasteiger partial charge in [-0.15, -0.1) is 0 Å². The Morgan fingerprint density at radius 2 is 2.60 bits per heavy atom. The van der Waals surface area contributed by atoms with Crippen molar-refractivity contribution in [1.82, 2.24) is 10.6 Å². The highest BCUT2D eigenvalue weighted by Crippen LogP contribution is 1.92. The lowest BCUT2D eigenvalue weighted by Crippen LogP contribution is -2.26. The number of hydrogen-bond donors (Lipinski definition) is 2. The predicted molar refractivity (Wildman–Crippen MR) is 43.8 cm³/mol. The molecule has 0 spiro atoms. The van der Waals surface area contributed by atoms with Crippen LogP contribution in [-0.2, 0) is 0 Å². The van der Waals surface area contributed by atoms with Gasteiger partial charge in [-0.25, -0.2) is 0 Å². The van der Waals surface area contributed by atoms with Crippen LogP contribution in [0.4, 0.5) is 0 Å². The normalized spacial score (nSPS) is 16.3. The Morgan fingerprint density at radius 3 is 3.20 bits per heavy atom. The molecular formula is C8H14N2. The maximum absolute atomic E-state index is 3.27. The van der Waals surface area contributed by atoms with E-state index in [1.807, 2.05) is 0 Å². The Hall–Kier alpha value is -0.760. The van der Waals surface area contributed by atoms with Gasteiger partial charge in [-0.1, -0.05) is 19.1 Å². The number of dihydropyridines is 1. The third-order valence-electron chi connectivity index (χ3n) is 1.45. The molecule has 0 fully saturated rings. The monoisotopic (exact) mass is 138 g/mol. The quantitative estimate of drug-likeness (QED) is 0.598. The molecule has 0 unspecified atom stereocenters. The van der Waals surface area contributed by atoms with Crippen molar-refractivity contribution in [3.8, 4) is 0 Å². The maximum atomic E-state index is 3.27. The molecule has 0 saturated heterocycles. The molecule has 1 aliphatic rings. The van der Waals surface area contributed by atoms with Gasteiger partial charge in [-0.05, 0) is 12.6 Å². The van der Waals surface area contributed by atoms with Gasteiger partial charge in [0.25, 0.3) is 0 Å². The van der Waals surface area contributed by atoms with Gasteiger partial charge in [-0.2, -0.15) is 0 Å². The van der Waals surface area contributed by atoms with Gasteiger partial charge in [-0.3, -0.25) is 0 Å². The predicted octanol–water partition coefficient (Wildman–Crippen LogP) is 0.639. The highest BCUT2D eigenvalue weighted by Gasteiger charge is 1.94. The summed E-state index contributed by atoms with van der Waals surface area (Å²) in [5.41, 5.74) is 1.28. The Morgan fingerprint density at radius 1 is 1.70 bits per heavy atom. The van der Waals surface area contributed by atoms with Gasteiger partial charge in [0, 0.05) is 18.8 Å². The molecule has 2 nitrogen and oxygen atoms in total. The first-order valence-electron chi connectivity index (χ1n) is 3.73. The molecule has 0 aromatic carbocycles. The zero-order valence-electron chi connectivity index (χ0n) is 6.35. The molecule has 0 aliphatic carbocycles. The van der Waals surface area contributed by atoms with Crippen molar-refractivity contribution in [3.05, 3.63) is 23.9 Å². The van der Waals surface area contributed by atoms with Crippen LogP contribution in [0.3, 0.4) is 0 Å². The number of allylic oxidation sites excluding steroid dienone is 2. The van der Waals surface area contributed by atoms with Crippen molar-refractivity contribution in [2.75, 3.05) is 19.6 Å². The Labute approximate surface area is 62.0 Å². The molecule has 0 atom stereocenters. The molecule has 56 valence electrons. The van der Waals surface area contributed by atoms with E-state index in [4.69, 9.17) is 0 Å². The summed E-state index contributed by atoms with van der Waals surface area (Å²) < 4.78 is 0. The standard InChI is InChI=1S/C8H14N2/c1-2-9-7-8-5-3-4-6-10-8/h3-5,9-10H,2,6-7H2,1H3. The Bertz CT molecular complexity index is 147. The lowest BCUT2D eigenvalue weighted by atomic mass is 10.3. The van der Waals surface area contributed by atoms with Crippen LogP contribution >= 0.6 is 0 Å². The SMILES string of the molecule is CCNCC1=CC=CCN1. The first kappa shape index (κ1) is 7.35. The van der Waals surface area contributed by atoms with Gasteiger partial charge in [0.15, 0.2) is 0 Å². The van der Waals surface area contributed by atoms with E-state index in [2.05, 4.69) is 35.8 Å². The van der Waals surface area contributed by atoms with Crippen molar-refractivity contribution >= 4 is 0 Å². The summed E-state index contributed by atoms with van der Waals surface area (Å²) in [7, 11) is 0. The van der Waals surface area contributed by atoms with Crippen molar-refractivity contribution < 1.29 is 0 Å². The van der Waals surface area contributed by atoms with Crippen LogP contribution in [0.25, 0.3) is 0 Å². The van der Waals surface area contributed by atoms with Crippen LogP contribution in [0.15, 0.2) is 23.9 Å². The molecule has 1 rings (SSSR count). The average molecular weight is 138 g/mol. The van der Waals surface area contributed by atoms with Crippen LogP contribution in [-0.4, -0.2) is 19.6 Å². The third-order valence-corrected chi connectivity index (χ3v) is 1.45. The van der Waals surface area contributed by atoms with E-state index in [0.717, 1.165) is 19.6 Å². The fourth-order valence-corrected chi connectivity index (χ4v) is 0.882. The molecule has 0 amide bonds. The highest BCUT2D eigenvalue weighted by molar-refractivity contribution is 5.17. The van der Waals surface area contributed by atoms with Crippen LogP contribution in [0.5, 0.6) is 0 Å². The molecule has 10 heavy (non-hydrogen) atoms. The minimum Gasteiger partial charge on any atom is -0.384 e. The molecule has 0 radical (unpaired) electrons. The zero-order valence-corrected chi connectivity index (χ0v) is 6.35. The van der Waals surface area contributed by atoms with Gasteiger partial charge < -0.3 is 10.6 Å². The van der Waals surface area contributed by atoms with Crippen molar-refractivity contribution in [2.45, 2.75) is 6.92 Å². The smallest absolute Gasteiger partial charge is 0.0353 e. The van der Waals surface area contributed by atoms with Crippen LogP contribution in [0, 0.1) is 0 Å². The molecule has 0 bridgehead atoms. The summed E-state index contributed by atoms with van der Waals surface area (Å²) >= 11 is 0. The van der Waals surface area contributed by atoms with Gasteiger partial charge in [0.2, 0.25) is 0 Å². The summed E-state index contributed by atoms with van der Waals surface area (Å²) in [5.74, 6) is 0. The molecule has 0 saturated carbocycles. The van der Waals surface area contributed by atoms with E-state index in [1.165, 1.54) is 5.70 Å². The summed E-state index contributed by atoms with van der Waals surface area (Å²) in [6.45, 7) is 5.07. The fraction of sp³-hybridized carbons (Fsp3) is 0.500. The summed E-state index contributed by atoms with van der Waals surface area (Å²) in [5, 5.41) is 6.52. The van der Waals surface area contributed by atoms with E-state index in [-0.39, 0.29) is 0 Å². The minimum atomic E-state index is 0.959. The lowest BCUT2D eigenvalue weighted by Gasteiger charge is -2.11. The topological polar surface area (TPSA) is 24.1 Å². The molecule has 2 N–H and O–H groups in total. The molecular weight excluding hydrogens is 124 g/mol. The second-order valence-electron chi connectivity index (χ2n) is 2.28. The Kier molecular flexibility index (Phi) is 3.03. The minimum absolute atomic E-state index is 0.959. The van der Waals surface area contributed by atoms with Gasteiger partial charge >= 0.3 is 0 Å². The average Bonchev–Trinajstić information content (AvgIpc) is 2.03. The largest absolute Gasteiger partial charge is 0.384 e. The number of hydrogen-bond acceptors (Lipinski definition) is 2. The summed E-state index contributed by atoms with van der Waals surface area (Å²) in [6.07, 6.45) is 6.30. The maximum Gasteiger partial charge on any atom is 0.0353 e. The van der Waals surface area contributed by atoms with Crippen LogP contribution in [0.1, 0.15) is 6.92 Å². The molecule has 0 aromatic rings. The second-order valence-corrected chi connectivity index (χ2v) is 2.28. The third kappa shape index (κ3) is 2.23. The fourth-order valence-electron chi connectivity index (χ4n) is 0.882. The summed E-state index contributed by atoms with van der Waals surface area (Å²) in [6, 6.07) is 0. The molecule has 2 heteroatoms. The molecule has 1 aliphatic heterocycles.